The summed E-state index contributed by atoms with van der Waals surface area (Å²) in [5, 5.41) is 12.9. The van der Waals surface area contributed by atoms with Crippen LogP contribution in [0.3, 0.4) is 0 Å². The second kappa shape index (κ2) is 17.0. The lowest BCUT2D eigenvalue weighted by Crippen LogP contribution is -2.74. The van der Waals surface area contributed by atoms with Gasteiger partial charge in [-0.25, -0.2) is 0 Å². The van der Waals surface area contributed by atoms with E-state index >= 15 is 0 Å². The summed E-state index contributed by atoms with van der Waals surface area (Å²) in [6.45, 7) is 0. The van der Waals surface area contributed by atoms with Crippen LogP contribution in [0.15, 0.2) is 285 Å². The number of fused-ring (bicyclic) bond motifs is 3. The molecule has 3 nitrogen and oxygen atoms in total. The van der Waals surface area contributed by atoms with Crippen molar-refractivity contribution in [3.05, 3.63) is 285 Å². The van der Waals surface area contributed by atoms with Gasteiger partial charge in [-0.2, -0.15) is 0 Å². The van der Waals surface area contributed by atoms with Crippen molar-refractivity contribution in [1.82, 2.24) is 9.13 Å². The predicted octanol–water partition coefficient (Wildman–Crippen LogP) is 15.0. The highest BCUT2D eigenvalue weighted by molar-refractivity contribution is 7.20. The monoisotopic (exact) mass is 933 g/mol. The number of hydrogen-bond donors (Lipinski definition) is 0. The molecule has 14 aromatic rings. The molecular formula is C68H47N3Si. The first-order chi connectivity index (χ1) is 35.7. The highest BCUT2D eigenvalue weighted by Gasteiger charge is 2.41. The molecule has 4 heteroatoms. The molecule has 0 N–H and O–H groups in total. The lowest BCUT2D eigenvalue weighted by molar-refractivity contribution is 1.18. The Labute approximate surface area is 419 Å². The van der Waals surface area contributed by atoms with Crippen molar-refractivity contribution in [1.29, 1.82) is 0 Å². The molecule has 14 rings (SSSR count). The second-order valence-corrected chi connectivity index (χ2v) is 22.7. The maximum absolute atomic E-state index is 2.86. The molecular weight excluding hydrogens is 887 g/mol. The van der Waals surface area contributed by atoms with Crippen LogP contribution < -0.4 is 25.6 Å². The number of anilines is 3. The normalized spacial score (nSPS) is 11.9. The average Bonchev–Trinajstić information content (AvgIpc) is 3.97. The molecule has 0 fully saturated rings. The van der Waals surface area contributed by atoms with Gasteiger partial charge in [-0.3, -0.25) is 0 Å². The van der Waals surface area contributed by atoms with E-state index in [1.807, 2.05) is 0 Å². The Morgan fingerprint density at radius 1 is 0.264 bits per heavy atom. The average molecular weight is 934 g/mol. The molecule has 0 aliphatic rings. The van der Waals surface area contributed by atoms with Gasteiger partial charge in [-0.15, -0.1) is 0 Å². The SMILES string of the molecule is c1ccc(-c2ccc(N(c3ccc4c(c3)c3cc([Si](c5ccccc5)(c5ccccc5)c5ccccc5)ccc3n4-c3ccccc3)c3cc4ccc5cccc6c5c4c(c3)n6-c3ccccc3)cc2)cc1. The summed E-state index contributed by atoms with van der Waals surface area (Å²) in [6.07, 6.45) is 0. The number of hydrogen-bond acceptors (Lipinski definition) is 1. The lowest BCUT2D eigenvalue weighted by Gasteiger charge is -2.34. The van der Waals surface area contributed by atoms with E-state index in [4.69, 9.17) is 0 Å². The van der Waals surface area contributed by atoms with Crippen molar-refractivity contribution in [3.8, 4) is 22.5 Å². The van der Waals surface area contributed by atoms with E-state index < -0.39 is 8.07 Å². The molecule has 0 unspecified atom stereocenters. The second-order valence-electron chi connectivity index (χ2n) is 18.9. The van der Waals surface area contributed by atoms with Crippen molar-refractivity contribution in [3.63, 3.8) is 0 Å². The Morgan fingerprint density at radius 3 is 1.33 bits per heavy atom. The summed E-state index contributed by atoms with van der Waals surface area (Å²) in [4.78, 5) is 2.47. The fourth-order valence-electron chi connectivity index (χ4n) is 11.8. The van der Waals surface area contributed by atoms with E-state index in [0.717, 1.165) is 34.0 Å². The van der Waals surface area contributed by atoms with Crippen molar-refractivity contribution < 1.29 is 0 Å². The number of nitrogens with zero attached hydrogens (tertiary/aromatic N) is 3. The zero-order chi connectivity index (χ0) is 47.6. The molecule has 0 bridgehead atoms. The van der Waals surface area contributed by atoms with Gasteiger partial charge >= 0.3 is 0 Å². The maximum atomic E-state index is 2.54. The highest BCUT2D eigenvalue weighted by atomic mass is 28.3. The third-order valence-electron chi connectivity index (χ3n) is 15.0. The van der Waals surface area contributed by atoms with Crippen molar-refractivity contribution in [2.24, 2.45) is 0 Å². The van der Waals surface area contributed by atoms with E-state index in [0.29, 0.717) is 0 Å². The van der Waals surface area contributed by atoms with Crippen LogP contribution in [0.2, 0.25) is 0 Å². The maximum Gasteiger partial charge on any atom is 0.179 e. The minimum Gasteiger partial charge on any atom is -0.310 e. The Morgan fingerprint density at radius 2 is 0.736 bits per heavy atom. The molecule has 2 aromatic heterocycles. The lowest BCUT2D eigenvalue weighted by atomic mass is 10.0. The van der Waals surface area contributed by atoms with Crippen LogP contribution >= 0.6 is 0 Å². The molecule has 0 saturated heterocycles. The van der Waals surface area contributed by atoms with Crippen molar-refractivity contribution >= 4 is 100 Å². The highest BCUT2D eigenvalue weighted by Crippen LogP contribution is 2.45. The van der Waals surface area contributed by atoms with Crippen LogP contribution in [-0.2, 0) is 0 Å². The van der Waals surface area contributed by atoms with Crippen LogP contribution in [-0.4, -0.2) is 17.2 Å². The summed E-state index contributed by atoms with van der Waals surface area (Å²) in [6, 6.07) is 106. The first kappa shape index (κ1) is 41.7. The van der Waals surface area contributed by atoms with Gasteiger partial charge < -0.3 is 14.0 Å². The molecule has 0 atom stereocenters. The summed E-state index contributed by atoms with van der Waals surface area (Å²) in [5.74, 6) is 0. The van der Waals surface area contributed by atoms with Crippen LogP contribution in [0, 0.1) is 0 Å². The topological polar surface area (TPSA) is 13.1 Å². The van der Waals surface area contributed by atoms with Gasteiger partial charge in [-0.1, -0.05) is 206 Å². The minimum atomic E-state index is -2.86. The number of rotatable bonds is 10. The molecule has 0 aliphatic carbocycles. The van der Waals surface area contributed by atoms with Crippen molar-refractivity contribution in [2.75, 3.05) is 4.90 Å². The van der Waals surface area contributed by atoms with Gasteiger partial charge in [-0.05, 0) is 122 Å². The summed E-state index contributed by atoms with van der Waals surface area (Å²) in [7, 11) is -2.86. The summed E-state index contributed by atoms with van der Waals surface area (Å²) < 4.78 is 4.90. The third-order valence-corrected chi connectivity index (χ3v) is 19.7. The van der Waals surface area contributed by atoms with Gasteiger partial charge in [0.2, 0.25) is 0 Å². The van der Waals surface area contributed by atoms with E-state index in [2.05, 4.69) is 299 Å². The first-order valence-electron chi connectivity index (χ1n) is 24.8. The van der Waals surface area contributed by atoms with Gasteiger partial charge in [0, 0.05) is 50.0 Å². The smallest absolute Gasteiger partial charge is 0.179 e. The molecule has 2 heterocycles. The molecule has 0 radical (unpaired) electrons. The zero-order valence-electron chi connectivity index (χ0n) is 39.5. The predicted molar refractivity (Wildman–Crippen MR) is 308 cm³/mol. The number of para-hydroxylation sites is 2. The Bertz CT molecular complexity index is 4130. The number of benzene rings is 12. The summed E-state index contributed by atoms with van der Waals surface area (Å²) in [5.41, 5.74) is 12.6. The number of aromatic nitrogens is 2. The molecule has 0 saturated carbocycles. The van der Waals surface area contributed by atoms with E-state index in [-0.39, 0.29) is 0 Å². The van der Waals surface area contributed by atoms with Crippen LogP contribution in [0.5, 0.6) is 0 Å². The zero-order valence-corrected chi connectivity index (χ0v) is 40.5. The van der Waals surface area contributed by atoms with Crippen molar-refractivity contribution in [2.45, 2.75) is 0 Å². The quantitative estimate of drug-likeness (QED) is 0.0757. The largest absolute Gasteiger partial charge is 0.310 e. The molecule has 0 aliphatic heterocycles. The first-order valence-corrected chi connectivity index (χ1v) is 26.8. The van der Waals surface area contributed by atoms with E-state index in [1.54, 1.807) is 0 Å². The fourth-order valence-corrected chi connectivity index (χ4v) is 16.6. The minimum absolute atomic E-state index is 1.08. The standard InChI is InChI=1S/C68H47N3Si/c1-7-20-48(21-8-1)49-36-38-54(39-37-49)69(56-44-51-35-34-50-22-19-33-65-67(50)68(51)66(46-56)71(65)53-25-11-3-12-26-53)55-40-42-63-61(45-55)62-47-60(41-43-64(62)70(63)52-23-9-2-10-24-52)72(57-27-13-4-14-28-57,58-29-15-5-16-30-58)59-31-17-6-18-32-59/h1-47H. The molecule has 338 valence electrons. The van der Waals surface area contributed by atoms with Crippen LogP contribution in [0.4, 0.5) is 17.1 Å². The molecule has 12 aromatic carbocycles. The molecule has 0 amide bonds. The van der Waals surface area contributed by atoms with Crippen LogP contribution in [0.1, 0.15) is 0 Å². The van der Waals surface area contributed by atoms with Crippen LogP contribution in [0.25, 0.3) is 76.9 Å². The van der Waals surface area contributed by atoms with E-state index in [1.165, 1.54) is 80.7 Å². The van der Waals surface area contributed by atoms with Gasteiger partial charge in [0.05, 0.1) is 22.1 Å². The fraction of sp³-hybridized carbons (Fsp3) is 0. The summed E-state index contributed by atoms with van der Waals surface area (Å²) >= 11 is 0. The Kier molecular flexibility index (Phi) is 9.87. The van der Waals surface area contributed by atoms with Gasteiger partial charge in [0.15, 0.2) is 8.07 Å². The molecule has 0 spiro atoms. The van der Waals surface area contributed by atoms with Gasteiger partial charge in [0.1, 0.15) is 0 Å². The van der Waals surface area contributed by atoms with E-state index in [9.17, 15) is 0 Å². The third kappa shape index (κ3) is 6.57. The molecule has 72 heavy (non-hydrogen) atoms. The van der Waals surface area contributed by atoms with Gasteiger partial charge in [0.25, 0.3) is 0 Å². The Hall–Kier alpha value is -9.22. The Balaban J connectivity index is 1.05.